The van der Waals surface area contributed by atoms with Crippen molar-refractivity contribution >= 4 is 16.9 Å². The van der Waals surface area contributed by atoms with Gasteiger partial charge in [-0.2, -0.15) is 0 Å². The third kappa shape index (κ3) is 3.10. The highest BCUT2D eigenvalue weighted by molar-refractivity contribution is 5.79. The fourth-order valence-electron chi connectivity index (χ4n) is 2.87. The molecule has 1 aliphatic heterocycles. The van der Waals surface area contributed by atoms with Gasteiger partial charge in [0.15, 0.2) is 0 Å². The second kappa shape index (κ2) is 6.31. The van der Waals surface area contributed by atoms with Crippen molar-refractivity contribution in [1.29, 1.82) is 0 Å². The van der Waals surface area contributed by atoms with Gasteiger partial charge in [0, 0.05) is 24.9 Å². The first-order chi connectivity index (χ1) is 10.3. The van der Waals surface area contributed by atoms with Gasteiger partial charge in [-0.15, -0.1) is 0 Å². The first-order valence-electron chi connectivity index (χ1n) is 7.77. The van der Waals surface area contributed by atoms with E-state index in [4.69, 9.17) is 4.42 Å². The van der Waals surface area contributed by atoms with E-state index < -0.39 is 0 Å². The van der Waals surface area contributed by atoms with Crippen LogP contribution in [-0.2, 0) is 4.79 Å². The number of fused-ring (bicyclic) bond motifs is 1. The van der Waals surface area contributed by atoms with Gasteiger partial charge in [0.05, 0.1) is 6.04 Å². The van der Waals surface area contributed by atoms with Crippen LogP contribution < -0.4 is 5.32 Å². The molecule has 2 heterocycles. The molecule has 1 aromatic heterocycles. The monoisotopic (exact) mass is 286 g/mol. The molecule has 1 aliphatic rings. The molecule has 112 valence electrons. The number of hydrogen-bond donors (Lipinski definition) is 1. The maximum absolute atomic E-state index is 11.9. The van der Waals surface area contributed by atoms with E-state index in [0.29, 0.717) is 13.0 Å². The fourth-order valence-corrected chi connectivity index (χ4v) is 2.87. The predicted molar refractivity (Wildman–Crippen MR) is 83.1 cm³/mol. The van der Waals surface area contributed by atoms with Gasteiger partial charge >= 0.3 is 0 Å². The predicted octanol–water partition coefficient (Wildman–Crippen LogP) is 3.10. The number of hydrogen-bond acceptors (Lipinski definition) is 3. The summed E-state index contributed by atoms with van der Waals surface area (Å²) >= 11 is 0. The molecule has 1 fully saturated rings. The molecule has 1 saturated heterocycles. The van der Waals surface area contributed by atoms with Crippen molar-refractivity contribution < 1.29 is 9.21 Å². The van der Waals surface area contributed by atoms with Crippen molar-refractivity contribution in [3.05, 3.63) is 36.1 Å². The van der Waals surface area contributed by atoms with Crippen LogP contribution in [-0.4, -0.2) is 30.4 Å². The molecule has 1 N–H and O–H groups in total. The first-order valence-corrected chi connectivity index (χ1v) is 7.77. The third-order valence-electron chi connectivity index (χ3n) is 4.00. The Bertz CT molecular complexity index is 587. The van der Waals surface area contributed by atoms with Crippen molar-refractivity contribution in [2.75, 3.05) is 19.6 Å². The van der Waals surface area contributed by atoms with Crippen LogP contribution in [0.1, 0.15) is 38.0 Å². The van der Waals surface area contributed by atoms with Crippen LogP contribution in [0.25, 0.3) is 11.0 Å². The van der Waals surface area contributed by atoms with E-state index in [-0.39, 0.29) is 11.9 Å². The normalized spacial score (nSPS) is 16.8. The summed E-state index contributed by atoms with van der Waals surface area (Å²) in [6.07, 6.45) is 2.71. The molecular formula is C17H22N2O2. The Labute approximate surface area is 125 Å². The fraction of sp³-hybridized carbons (Fsp3) is 0.471. The number of rotatable bonds is 6. The number of furan rings is 1. The highest BCUT2D eigenvalue weighted by Crippen LogP contribution is 2.25. The lowest BCUT2D eigenvalue weighted by atomic mass is 10.2. The Hall–Kier alpha value is -1.81. The minimum atomic E-state index is 0.0689. The van der Waals surface area contributed by atoms with Gasteiger partial charge in [0.25, 0.3) is 0 Å². The molecule has 2 aromatic rings. The minimum Gasteiger partial charge on any atom is -0.459 e. The van der Waals surface area contributed by atoms with Crippen LogP contribution in [0.4, 0.5) is 0 Å². The number of nitrogens with one attached hydrogen (secondary N) is 1. The Balaban J connectivity index is 1.81. The lowest BCUT2D eigenvalue weighted by molar-refractivity contribution is -0.128. The molecule has 1 atom stereocenters. The van der Waals surface area contributed by atoms with Crippen molar-refractivity contribution in [2.45, 2.75) is 32.2 Å². The largest absolute Gasteiger partial charge is 0.459 e. The van der Waals surface area contributed by atoms with Gasteiger partial charge < -0.3 is 14.6 Å². The maximum atomic E-state index is 11.9. The Kier molecular flexibility index (Phi) is 4.25. The quantitative estimate of drug-likeness (QED) is 0.887. The standard InChI is InChI=1S/C17H22N2O2/c1-2-9-18-14(12-19-10-5-8-17(19)20)16-11-13-6-3-4-7-15(13)21-16/h3-4,6-7,11,14,18H,2,5,8-10,12H2,1H3. The Morgan fingerprint density at radius 3 is 2.95 bits per heavy atom. The van der Waals surface area contributed by atoms with Crippen molar-refractivity contribution in [1.82, 2.24) is 10.2 Å². The van der Waals surface area contributed by atoms with E-state index in [1.807, 2.05) is 23.1 Å². The zero-order valence-electron chi connectivity index (χ0n) is 12.5. The van der Waals surface area contributed by atoms with Gasteiger partial charge in [-0.05, 0) is 31.5 Å². The molecule has 1 unspecified atom stereocenters. The molecule has 4 heteroatoms. The number of amides is 1. The minimum absolute atomic E-state index is 0.0689. The highest BCUT2D eigenvalue weighted by atomic mass is 16.3. The summed E-state index contributed by atoms with van der Waals surface area (Å²) in [5.41, 5.74) is 0.906. The van der Waals surface area contributed by atoms with Crippen LogP contribution in [0, 0.1) is 0 Å². The number of carbonyl (C=O) groups excluding carboxylic acids is 1. The molecule has 0 bridgehead atoms. The van der Waals surface area contributed by atoms with Gasteiger partial charge in [0.2, 0.25) is 5.91 Å². The van der Waals surface area contributed by atoms with E-state index >= 15 is 0 Å². The van der Waals surface area contributed by atoms with Crippen molar-refractivity contribution in [3.8, 4) is 0 Å². The summed E-state index contributed by atoms with van der Waals surface area (Å²) < 4.78 is 5.97. The molecule has 0 aliphatic carbocycles. The zero-order chi connectivity index (χ0) is 14.7. The smallest absolute Gasteiger partial charge is 0.222 e. The molecule has 0 radical (unpaired) electrons. The van der Waals surface area contributed by atoms with E-state index in [1.165, 1.54) is 0 Å². The molecular weight excluding hydrogens is 264 g/mol. The average molecular weight is 286 g/mol. The maximum Gasteiger partial charge on any atom is 0.222 e. The first kappa shape index (κ1) is 14.1. The number of carbonyl (C=O) groups is 1. The number of para-hydroxylation sites is 1. The van der Waals surface area contributed by atoms with Gasteiger partial charge in [-0.3, -0.25) is 4.79 Å². The SMILES string of the molecule is CCCNC(CN1CCCC1=O)c1cc2ccccc2o1. The molecule has 1 amide bonds. The van der Waals surface area contributed by atoms with Crippen LogP contribution in [0.2, 0.25) is 0 Å². The zero-order valence-corrected chi connectivity index (χ0v) is 12.5. The van der Waals surface area contributed by atoms with E-state index in [1.54, 1.807) is 0 Å². The lowest BCUT2D eigenvalue weighted by Gasteiger charge is -2.23. The Morgan fingerprint density at radius 1 is 1.38 bits per heavy atom. The summed E-state index contributed by atoms with van der Waals surface area (Å²) in [5, 5.41) is 4.62. The molecule has 0 saturated carbocycles. The number of nitrogens with zero attached hydrogens (tertiary/aromatic N) is 1. The lowest BCUT2D eigenvalue weighted by Crippen LogP contribution is -2.36. The van der Waals surface area contributed by atoms with Gasteiger partial charge in [-0.25, -0.2) is 0 Å². The van der Waals surface area contributed by atoms with Gasteiger partial charge in [-0.1, -0.05) is 25.1 Å². The van der Waals surface area contributed by atoms with Crippen LogP contribution >= 0.6 is 0 Å². The van der Waals surface area contributed by atoms with Crippen molar-refractivity contribution in [3.63, 3.8) is 0 Å². The summed E-state index contributed by atoms with van der Waals surface area (Å²) in [6, 6.07) is 10.2. The summed E-state index contributed by atoms with van der Waals surface area (Å²) in [7, 11) is 0. The van der Waals surface area contributed by atoms with E-state index in [9.17, 15) is 4.79 Å². The third-order valence-corrected chi connectivity index (χ3v) is 4.00. The summed E-state index contributed by atoms with van der Waals surface area (Å²) in [5.74, 6) is 1.18. The average Bonchev–Trinajstić information content (AvgIpc) is 3.09. The van der Waals surface area contributed by atoms with E-state index in [2.05, 4.69) is 24.4 Å². The molecule has 4 nitrogen and oxygen atoms in total. The molecule has 1 aromatic carbocycles. The van der Waals surface area contributed by atoms with Crippen LogP contribution in [0.15, 0.2) is 34.7 Å². The summed E-state index contributed by atoms with van der Waals surface area (Å²) in [4.78, 5) is 13.8. The van der Waals surface area contributed by atoms with Crippen LogP contribution in [0.3, 0.4) is 0 Å². The van der Waals surface area contributed by atoms with Gasteiger partial charge in [0.1, 0.15) is 11.3 Å². The van der Waals surface area contributed by atoms with E-state index in [0.717, 1.165) is 42.7 Å². The second-order valence-corrected chi connectivity index (χ2v) is 5.64. The summed E-state index contributed by atoms with van der Waals surface area (Å²) in [6.45, 7) is 4.62. The van der Waals surface area contributed by atoms with Crippen molar-refractivity contribution in [2.24, 2.45) is 0 Å². The topological polar surface area (TPSA) is 45.5 Å². The van der Waals surface area contributed by atoms with Crippen LogP contribution in [0.5, 0.6) is 0 Å². The molecule has 21 heavy (non-hydrogen) atoms. The number of likely N-dealkylation sites (tertiary alicyclic amines) is 1. The Morgan fingerprint density at radius 2 is 2.24 bits per heavy atom. The number of benzene rings is 1. The molecule has 3 rings (SSSR count). The molecule has 0 spiro atoms. The second-order valence-electron chi connectivity index (χ2n) is 5.64. The highest BCUT2D eigenvalue weighted by Gasteiger charge is 2.25.